The maximum atomic E-state index is 11.7. The van der Waals surface area contributed by atoms with Gasteiger partial charge in [0.15, 0.2) is 0 Å². The topological polar surface area (TPSA) is 120 Å². The van der Waals surface area contributed by atoms with E-state index in [-0.39, 0.29) is 32.2 Å². The van der Waals surface area contributed by atoms with Crippen molar-refractivity contribution in [3.05, 3.63) is 134 Å². The van der Waals surface area contributed by atoms with E-state index in [4.69, 9.17) is 4.74 Å². The fourth-order valence-corrected chi connectivity index (χ4v) is 6.04. The average Bonchev–Trinajstić information content (AvgIpc) is 2.95. The van der Waals surface area contributed by atoms with Crippen molar-refractivity contribution in [1.29, 1.82) is 0 Å². The van der Waals surface area contributed by atoms with E-state index < -0.39 is 15.5 Å². The van der Waals surface area contributed by atoms with Gasteiger partial charge < -0.3 is 0 Å². The van der Waals surface area contributed by atoms with Crippen LogP contribution >= 0.6 is 0 Å². The standard InChI is InChI=1S/C28H24N4O5Se/c1-37-23-15-12-20(13-16-23)25(19-38-24-10-6-3-7-11-24)28(21-8-4-2-5-9-21)30-29-26-17-14-22(31(33)34)18-27(26)32(35)36/h2-18,25,29H,19H2,1H3/b30-28+/t25-/m1/s1. The second kappa shape index (κ2) is 12.6. The molecule has 0 aliphatic heterocycles. The van der Waals surface area contributed by atoms with Crippen LogP contribution in [0, 0.1) is 20.2 Å². The molecule has 0 spiro atoms. The van der Waals surface area contributed by atoms with Crippen molar-refractivity contribution in [3.63, 3.8) is 0 Å². The first-order valence-corrected chi connectivity index (χ1v) is 13.7. The molecule has 1 N–H and O–H groups in total. The number of nitro benzene ring substituents is 2. The number of methoxy groups -OCH3 is 1. The van der Waals surface area contributed by atoms with Gasteiger partial charge in [0, 0.05) is 0 Å². The third-order valence-electron chi connectivity index (χ3n) is 5.76. The van der Waals surface area contributed by atoms with Gasteiger partial charge in [-0.05, 0) is 0 Å². The van der Waals surface area contributed by atoms with Crippen molar-refractivity contribution in [2.75, 3.05) is 12.5 Å². The van der Waals surface area contributed by atoms with E-state index in [1.54, 1.807) is 7.11 Å². The predicted molar refractivity (Wildman–Crippen MR) is 149 cm³/mol. The number of hydrogen-bond acceptors (Lipinski definition) is 7. The number of ether oxygens (including phenoxy) is 1. The van der Waals surface area contributed by atoms with Crippen LogP contribution in [0.25, 0.3) is 0 Å². The van der Waals surface area contributed by atoms with E-state index in [1.807, 2.05) is 72.8 Å². The van der Waals surface area contributed by atoms with Gasteiger partial charge in [-0.15, -0.1) is 0 Å². The van der Waals surface area contributed by atoms with Crippen LogP contribution < -0.4 is 14.6 Å². The Labute approximate surface area is 225 Å². The van der Waals surface area contributed by atoms with Gasteiger partial charge in [-0.2, -0.15) is 0 Å². The van der Waals surface area contributed by atoms with Gasteiger partial charge in [0.2, 0.25) is 0 Å². The van der Waals surface area contributed by atoms with E-state index in [2.05, 4.69) is 22.7 Å². The summed E-state index contributed by atoms with van der Waals surface area (Å²) in [5, 5.41) is 28.3. The number of hydrogen-bond donors (Lipinski definition) is 1. The van der Waals surface area contributed by atoms with Crippen molar-refractivity contribution in [3.8, 4) is 5.75 Å². The molecule has 0 amide bonds. The first-order chi connectivity index (χ1) is 18.5. The van der Waals surface area contributed by atoms with E-state index in [9.17, 15) is 20.2 Å². The van der Waals surface area contributed by atoms with Gasteiger partial charge in [-0.1, -0.05) is 0 Å². The number of nitrogens with zero attached hydrogens (tertiary/aromatic N) is 3. The molecule has 0 saturated carbocycles. The summed E-state index contributed by atoms with van der Waals surface area (Å²) in [4.78, 5) is 21.5. The van der Waals surface area contributed by atoms with Crippen molar-refractivity contribution >= 4 is 42.2 Å². The molecule has 38 heavy (non-hydrogen) atoms. The number of nitro groups is 2. The average molecular weight is 575 g/mol. The molecule has 0 aliphatic rings. The van der Waals surface area contributed by atoms with E-state index in [1.165, 1.54) is 16.6 Å². The van der Waals surface area contributed by atoms with Gasteiger partial charge in [-0.25, -0.2) is 0 Å². The van der Waals surface area contributed by atoms with Crippen LogP contribution in [-0.2, 0) is 0 Å². The predicted octanol–water partition coefficient (Wildman–Crippen LogP) is 5.56. The first-order valence-electron chi connectivity index (χ1n) is 11.6. The number of rotatable bonds is 11. The molecule has 192 valence electrons. The Bertz CT molecular complexity index is 1430. The molecule has 0 radical (unpaired) electrons. The van der Waals surface area contributed by atoms with Gasteiger partial charge >= 0.3 is 226 Å². The number of non-ortho nitro benzene ring substituents is 1. The van der Waals surface area contributed by atoms with Crippen LogP contribution in [0.1, 0.15) is 17.0 Å². The van der Waals surface area contributed by atoms with Crippen LogP contribution in [0.5, 0.6) is 5.75 Å². The van der Waals surface area contributed by atoms with Crippen LogP contribution in [0.2, 0.25) is 5.32 Å². The van der Waals surface area contributed by atoms with Crippen molar-refractivity contribution in [2.24, 2.45) is 5.10 Å². The SMILES string of the molecule is COc1ccc([C@@H](C[Se]c2ccccc2)/C(=N/Nc2ccc([N+](=O)[O-])cc2[N+](=O)[O-])c2ccccc2)cc1. The Morgan fingerprint density at radius 3 is 2.16 bits per heavy atom. The molecule has 0 aromatic heterocycles. The number of nitrogens with one attached hydrogen (secondary N) is 1. The molecule has 4 aromatic rings. The van der Waals surface area contributed by atoms with Gasteiger partial charge in [0.1, 0.15) is 0 Å². The molecular formula is C28H24N4O5Se. The molecule has 1 atom stereocenters. The quantitative estimate of drug-likeness (QED) is 0.108. The van der Waals surface area contributed by atoms with Gasteiger partial charge in [0.25, 0.3) is 0 Å². The molecule has 0 bridgehead atoms. The summed E-state index contributed by atoms with van der Waals surface area (Å²) in [6.45, 7) is 0. The fourth-order valence-electron chi connectivity index (χ4n) is 3.82. The minimum atomic E-state index is -0.666. The van der Waals surface area contributed by atoms with E-state index in [0.717, 1.165) is 28.3 Å². The monoisotopic (exact) mass is 576 g/mol. The fraction of sp³-hybridized carbons (Fsp3) is 0.107. The van der Waals surface area contributed by atoms with Crippen LogP contribution in [0.4, 0.5) is 17.1 Å². The Kier molecular flexibility index (Phi) is 8.81. The summed E-state index contributed by atoms with van der Waals surface area (Å²) in [5.74, 6) is 0.590. The summed E-state index contributed by atoms with van der Waals surface area (Å²) in [6, 6.07) is 31.1. The molecule has 4 rings (SSSR count). The summed E-state index contributed by atoms with van der Waals surface area (Å²) < 4.78 is 6.58. The zero-order valence-electron chi connectivity index (χ0n) is 20.4. The maximum absolute atomic E-state index is 11.7. The Morgan fingerprint density at radius 1 is 0.895 bits per heavy atom. The van der Waals surface area contributed by atoms with Gasteiger partial charge in [0.05, 0.1) is 0 Å². The second-order valence-corrected chi connectivity index (χ2v) is 10.4. The molecule has 10 heteroatoms. The molecule has 0 saturated heterocycles. The minimum absolute atomic E-state index is 0.0658. The third kappa shape index (κ3) is 6.61. The molecule has 0 heterocycles. The first kappa shape index (κ1) is 26.5. The Hall–Kier alpha value is -4.53. The molecule has 0 aliphatic carbocycles. The number of benzene rings is 4. The van der Waals surface area contributed by atoms with Crippen LogP contribution in [-0.4, -0.2) is 37.6 Å². The number of anilines is 1. The van der Waals surface area contributed by atoms with Crippen molar-refractivity contribution < 1.29 is 14.6 Å². The van der Waals surface area contributed by atoms with Crippen molar-refractivity contribution in [1.82, 2.24) is 0 Å². The summed E-state index contributed by atoms with van der Waals surface area (Å²) >= 11 is 0.112. The number of hydrazone groups is 1. The Morgan fingerprint density at radius 2 is 1.55 bits per heavy atom. The normalized spacial score (nSPS) is 12.0. The van der Waals surface area contributed by atoms with E-state index >= 15 is 0 Å². The second-order valence-electron chi connectivity index (χ2n) is 8.14. The molecule has 9 nitrogen and oxygen atoms in total. The van der Waals surface area contributed by atoms with Crippen molar-refractivity contribution in [2.45, 2.75) is 11.2 Å². The molecule has 0 unspecified atom stereocenters. The zero-order valence-corrected chi connectivity index (χ0v) is 22.1. The van der Waals surface area contributed by atoms with Crippen LogP contribution in [0.15, 0.2) is 108 Å². The summed E-state index contributed by atoms with van der Waals surface area (Å²) in [7, 11) is 1.61. The van der Waals surface area contributed by atoms with Gasteiger partial charge in [-0.3, -0.25) is 0 Å². The molecular weight excluding hydrogens is 551 g/mol. The van der Waals surface area contributed by atoms with E-state index in [0.29, 0.717) is 5.71 Å². The summed E-state index contributed by atoms with van der Waals surface area (Å²) in [6.07, 6.45) is 0. The molecule has 4 aromatic carbocycles. The third-order valence-corrected chi connectivity index (χ3v) is 8.08. The van der Waals surface area contributed by atoms with Crippen LogP contribution in [0.3, 0.4) is 0 Å². The zero-order chi connectivity index (χ0) is 26.9. The Balaban J connectivity index is 1.77. The molecule has 0 fully saturated rings. The summed E-state index contributed by atoms with van der Waals surface area (Å²) in [5.41, 5.74) is 4.68.